The van der Waals surface area contributed by atoms with E-state index in [1.165, 1.54) is 0 Å². The number of pyridine rings is 1. The summed E-state index contributed by atoms with van der Waals surface area (Å²) in [6.45, 7) is 3.37. The van der Waals surface area contributed by atoms with Crippen LogP contribution in [0.2, 0.25) is 5.15 Å². The van der Waals surface area contributed by atoms with Crippen molar-refractivity contribution in [2.45, 2.75) is 32.2 Å². The lowest BCUT2D eigenvalue weighted by Crippen LogP contribution is -2.35. The van der Waals surface area contributed by atoms with E-state index in [-0.39, 0.29) is 11.9 Å². The molecule has 1 fully saturated rings. The number of carbonyl (C=O) groups excluding carboxylic acids is 1. The van der Waals surface area contributed by atoms with Crippen molar-refractivity contribution in [3.63, 3.8) is 0 Å². The van der Waals surface area contributed by atoms with E-state index in [0.717, 1.165) is 25.0 Å². The first-order valence-electron chi connectivity index (χ1n) is 6.24. The fraction of sp³-hybridized carbons (Fsp3) is 0.538. The lowest BCUT2D eigenvalue weighted by molar-refractivity contribution is 0.0929. The van der Waals surface area contributed by atoms with Crippen LogP contribution in [0.4, 0.5) is 0 Å². The third-order valence-corrected chi connectivity index (χ3v) is 3.07. The van der Waals surface area contributed by atoms with Crippen molar-refractivity contribution in [1.29, 1.82) is 0 Å². The van der Waals surface area contributed by atoms with E-state index in [2.05, 4.69) is 17.2 Å². The maximum absolute atomic E-state index is 12.1. The number of halogens is 1. The standard InChI is InChI=1S/C13H17ClN2O2/c1-2-3-10-6-9(7-12(14)15-10)13(17)16-11-4-5-18-8-11/h6-7,11H,2-5,8H2,1H3,(H,16,17). The van der Waals surface area contributed by atoms with Gasteiger partial charge >= 0.3 is 0 Å². The highest BCUT2D eigenvalue weighted by molar-refractivity contribution is 6.29. The number of aromatic nitrogens is 1. The molecule has 2 rings (SSSR count). The molecule has 1 unspecified atom stereocenters. The first kappa shape index (κ1) is 13.3. The van der Waals surface area contributed by atoms with E-state index in [1.54, 1.807) is 12.1 Å². The van der Waals surface area contributed by atoms with E-state index >= 15 is 0 Å². The number of nitrogens with one attached hydrogen (secondary N) is 1. The molecule has 98 valence electrons. The summed E-state index contributed by atoms with van der Waals surface area (Å²) in [5.41, 5.74) is 1.43. The average Bonchev–Trinajstić information content (AvgIpc) is 2.81. The van der Waals surface area contributed by atoms with Crippen LogP contribution in [0.5, 0.6) is 0 Å². The van der Waals surface area contributed by atoms with Gasteiger partial charge in [-0.3, -0.25) is 4.79 Å². The number of amides is 1. The monoisotopic (exact) mass is 268 g/mol. The van der Waals surface area contributed by atoms with Gasteiger partial charge in [0, 0.05) is 17.9 Å². The molecular formula is C13H17ClN2O2. The molecule has 5 heteroatoms. The van der Waals surface area contributed by atoms with Gasteiger partial charge in [-0.05, 0) is 25.0 Å². The van der Waals surface area contributed by atoms with Gasteiger partial charge in [-0.15, -0.1) is 0 Å². The Labute approximate surface area is 112 Å². The van der Waals surface area contributed by atoms with Crippen LogP contribution in [0.1, 0.15) is 35.8 Å². The van der Waals surface area contributed by atoms with Gasteiger partial charge in [-0.1, -0.05) is 24.9 Å². The van der Waals surface area contributed by atoms with Crippen LogP contribution in [0.15, 0.2) is 12.1 Å². The third kappa shape index (κ3) is 3.43. The summed E-state index contributed by atoms with van der Waals surface area (Å²) in [6, 6.07) is 3.52. The minimum absolute atomic E-state index is 0.104. The highest BCUT2D eigenvalue weighted by atomic mass is 35.5. The minimum atomic E-state index is -0.104. The summed E-state index contributed by atoms with van der Waals surface area (Å²) in [6.07, 6.45) is 2.67. The summed E-state index contributed by atoms with van der Waals surface area (Å²) in [7, 11) is 0. The van der Waals surface area contributed by atoms with Crippen LogP contribution < -0.4 is 5.32 Å². The number of hydrogen-bond acceptors (Lipinski definition) is 3. The average molecular weight is 269 g/mol. The lowest BCUT2D eigenvalue weighted by atomic mass is 10.1. The number of ether oxygens (including phenoxy) is 1. The van der Waals surface area contributed by atoms with Crippen molar-refractivity contribution >= 4 is 17.5 Å². The molecule has 1 amide bonds. The second kappa shape index (κ2) is 6.16. The Morgan fingerprint density at radius 3 is 3.11 bits per heavy atom. The molecule has 1 saturated heterocycles. The van der Waals surface area contributed by atoms with Gasteiger partial charge in [0.25, 0.3) is 5.91 Å². The first-order chi connectivity index (χ1) is 8.69. The van der Waals surface area contributed by atoms with E-state index in [0.29, 0.717) is 23.9 Å². The van der Waals surface area contributed by atoms with Crippen LogP contribution in [-0.2, 0) is 11.2 Å². The van der Waals surface area contributed by atoms with E-state index in [1.807, 2.05) is 0 Å². The highest BCUT2D eigenvalue weighted by Crippen LogP contribution is 2.13. The van der Waals surface area contributed by atoms with Gasteiger partial charge in [0.15, 0.2) is 0 Å². The van der Waals surface area contributed by atoms with Gasteiger partial charge in [0.1, 0.15) is 5.15 Å². The zero-order valence-electron chi connectivity index (χ0n) is 10.4. The van der Waals surface area contributed by atoms with Crippen LogP contribution in [-0.4, -0.2) is 30.1 Å². The van der Waals surface area contributed by atoms with Crippen LogP contribution in [0, 0.1) is 0 Å². The van der Waals surface area contributed by atoms with Crippen molar-refractivity contribution in [2.75, 3.05) is 13.2 Å². The Bertz CT molecular complexity index is 431. The highest BCUT2D eigenvalue weighted by Gasteiger charge is 2.19. The largest absolute Gasteiger partial charge is 0.379 e. The maximum atomic E-state index is 12.1. The summed E-state index contributed by atoms with van der Waals surface area (Å²) in [4.78, 5) is 16.3. The molecule has 0 radical (unpaired) electrons. The van der Waals surface area contributed by atoms with Crippen molar-refractivity contribution in [1.82, 2.24) is 10.3 Å². The number of carbonyl (C=O) groups is 1. The fourth-order valence-electron chi connectivity index (χ4n) is 1.98. The molecule has 0 spiro atoms. The fourth-order valence-corrected chi connectivity index (χ4v) is 2.21. The van der Waals surface area contributed by atoms with Crippen molar-refractivity contribution in [3.05, 3.63) is 28.5 Å². The Kier molecular flexibility index (Phi) is 4.55. The van der Waals surface area contributed by atoms with Crippen molar-refractivity contribution in [3.8, 4) is 0 Å². The molecule has 1 aliphatic heterocycles. The van der Waals surface area contributed by atoms with Crippen LogP contribution >= 0.6 is 11.6 Å². The van der Waals surface area contributed by atoms with Gasteiger partial charge in [-0.2, -0.15) is 0 Å². The van der Waals surface area contributed by atoms with E-state index in [9.17, 15) is 4.79 Å². The number of aryl methyl sites for hydroxylation is 1. The molecule has 1 aromatic heterocycles. The summed E-state index contributed by atoms with van der Waals surface area (Å²) in [5.74, 6) is -0.104. The number of hydrogen-bond donors (Lipinski definition) is 1. The Morgan fingerprint density at radius 1 is 1.61 bits per heavy atom. The first-order valence-corrected chi connectivity index (χ1v) is 6.62. The van der Waals surface area contributed by atoms with Gasteiger partial charge < -0.3 is 10.1 Å². The summed E-state index contributed by atoms with van der Waals surface area (Å²) < 4.78 is 5.23. The molecule has 18 heavy (non-hydrogen) atoms. The maximum Gasteiger partial charge on any atom is 0.251 e. The Morgan fingerprint density at radius 2 is 2.44 bits per heavy atom. The Balaban J connectivity index is 2.08. The van der Waals surface area contributed by atoms with Crippen molar-refractivity contribution < 1.29 is 9.53 Å². The Hall–Kier alpha value is -1.13. The molecule has 0 aliphatic carbocycles. The zero-order valence-corrected chi connectivity index (χ0v) is 11.2. The molecule has 0 saturated carbocycles. The topological polar surface area (TPSA) is 51.2 Å². The number of nitrogens with zero attached hydrogens (tertiary/aromatic N) is 1. The molecule has 1 N–H and O–H groups in total. The molecule has 1 aliphatic rings. The smallest absolute Gasteiger partial charge is 0.251 e. The van der Waals surface area contributed by atoms with Gasteiger partial charge in [0.2, 0.25) is 0 Å². The van der Waals surface area contributed by atoms with Crippen LogP contribution in [0.25, 0.3) is 0 Å². The molecule has 1 aromatic rings. The summed E-state index contributed by atoms with van der Waals surface area (Å²) >= 11 is 5.93. The predicted octanol–water partition coefficient (Wildman–Crippen LogP) is 2.21. The quantitative estimate of drug-likeness (QED) is 0.852. The molecule has 2 heterocycles. The van der Waals surface area contributed by atoms with E-state index < -0.39 is 0 Å². The number of rotatable bonds is 4. The van der Waals surface area contributed by atoms with Crippen LogP contribution in [0.3, 0.4) is 0 Å². The van der Waals surface area contributed by atoms with Crippen molar-refractivity contribution in [2.24, 2.45) is 0 Å². The van der Waals surface area contributed by atoms with Gasteiger partial charge in [0.05, 0.1) is 12.6 Å². The zero-order chi connectivity index (χ0) is 13.0. The third-order valence-electron chi connectivity index (χ3n) is 2.88. The predicted molar refractivity (Wildman–Crippen MR) is 69.9 cm³/mol. The van der Waals surface area contributed by atoms with E-state index in [4.69, 9.17) is 16.3 Å². The SMILES string of the molecule is CCCc1cc(C(=O)NC2CCOC2)cc(Cl)n1. The van der Waals surface area contributed by atoms with Gasteiger partial charge in [-0.25, -0.2) is 4.98 Å². The normalized spacial score (nSPS) is 18.9. The molecular weight excluding hydrogens is 252 g/mol. The molecule has 0 bridgehead atoms. The molecule has 1 atom stereocenters. The summed E-state index contributed by atoms with van der Waals surface area (Å²) in [5, 5.41) is 3.31. The second-order valence-corrected chi connectivity index (χ2v) is 4.84. The minimum Gasteiger partial charge on any atom is -0.379 e. The molecule has 4 nitrogen and oxygen atoms in total. The molecule has 0 aromatic carbocycles. The lowest BCUT2D eigenvalue weighted by Gasteiger charge is -2.11. The second-order valence-electron chi connectivity index (χ2n) is 4.45.